The van der Waals surface area contributed by atoms with Crippen LogP contribution < -0.4 is 10.6 Å². The monoisotopic (exact) mass is 272 g/mol. The van der Waals surface area contributed by atoms with E-state index in [1.807, 2.05) is 5.32 Å². The van der Waals surface area contributed by atoms with Gasteiger partial charge in [0.2, 0.25) is 0 Å². The fraction of sp³-hybridized carbons (Fsp3) is 0. The molecule has 1 heterocycles. The van der Waals surface area contributed by atoms with Crippen molar-refractivity contribution in [2.24, 2.45) is 0 Å². The van der Waals surface area contributed by atoms with Crippen molar-refractivity contribution in [1.29, 1.82) is 0 Å². The summed E-state index contributed by atoms with van der Waals surface area (Å²) >= 11 is 11.5. The topological polar surface area (TPSA) is 78.4 Å². The van der Waals surface area contributed by atoms with Crippen molar-refractivity contribution in [3.8, 4) is 5.75 Å². The maximum Gasteiger partial charge on any atom is 0.326 e. The van der Waals surface area contributed by atoms with Crippen molar-refractivity contribution < 1.29 is 14.7 Å². The third kappa shape index (κ3) is 2.35. The number of hydrogen-bond acceptors (Lipinski definition) is 3. The summed E-state index contributed by atoms with van der Waals surface area (Å²) in [6.45, 7) is 0. The third-order valence-electron chi connectivity index (χ3n) is 2.08. The number of urea groups is 1. The molecular formula is C10H6Cl2N2O3. The van der Waals surface area contributed by atoms with Crippen LogP contribution in [0.1, 0.15) is 5.56 Å². The quantitative estimate of drug-likeness (QED) is 0.540. The maximum atomic E-state index is 11.3. The number of phenolic OH excluding ortho intramolecular Hbond substituents is 1. The van der Waals surface area contributed by atoms with Crippen LogP contribution in [0.15, 0.2) is 17.8 Å². The Morgan fingerprint density at radius 1 is 1.18 bits per heavy atom. The number of carbonyl (C=O) groups is 2. The fourth-order valence-corrected chi connectivity index (χ4v) is 1.84. The Labute approximate surface area is 106 Å². The van der Waals surface area contributed by atoms with Gasteiger partial charge in [-0.05, 0) is 18.2 Å². The molecule has 1 aromatic rings. The number of aromatic hydroxyl groups is 1. The van der Waals surface area contributed by atoms with Crippen LogP contribution in [0.3, 0.4) is 0 Å². The van der Waals surface area contributed by atoms with Gasteiger partial charge in [-0.1, -0.05) is 23.2 Å². The first-order chi connectivity index (χ1) is 7.97. The number of hydrogen-bond donors (Lipinski definition) is 3. The van der Waals surface area contributed by atoms with Crippen LogP contribution in [-0.2, 0) is 4.79 Å². The second kappa shape index (κ2) is 4.27. The van der Waals surface area contributed by atoms with Gasteiger partial charge >= 0.3 is 6.03 Å². The van der Waals surface area contributed by atoms with Crippen molar-refractivity contribution in [3.05, 3.63) is 33.4 Å². The molecule has 3 amide bonds. The molecule has 17 heavy (non-hydrogen) atoms. The van der Waals surface area contributed by atoms with Gasteiger partial charge in [-0.15, -0.1) is 0 Å². The Hall–Kier alpha value is -1.72. The van der Waals surface area contributed by atoms with E-state index in [2.05, 4.69) is 5.32 Å². The molecule has 3 N–H and O–H groups in total. The highest BCUT2D eigenvalue weighted by Crippen LogP contribution is 2.32. The van der Waals surface area contributed by atoms with Gasteiger partial charge in [0.1, 0.15) is 11.4 Å². The molecule has 0 atom stereocenters. The van der Waals surface area contributed by atoms with Crippen LogP contribution in [0.25, 0.3) is 6.08 Å². The Balaban J connectivity index is 2.46. The van der Waals surface area contributed by atoms with E-state index in [-0.39, 0.29) is 22.0 Å². The van der Waals surface area contributed by atoms with Crippen molar-refractivity contribution in [2.45, 2.75) is 0 Å². The van der Waals surface area contributed by atoms with Gasteiger partial charge in [0.15, 0.2) is 0 Å². The molecule has 88 valence electrons. The van der Waals surface area contributed by atoms with E-state index >= 15 is 0 Å². The summed E-state index contributed by atoms with van der Waals surface area (Å²) in [6.07, 6.45) is 1.29. The zero-order valence-corrected chi connectivity index (χ0v) is 9.76. The van der Waals surface area contributed by atoms with Gasteiger partial charge in [0.05, 0.1) is 5.02 Å². The lowest BCUT2D eigenvalue weighted by Crippen LogP contribution is -2.22. The van der Waals surface area contributed by atoms with E-state index in [4.69, 9.17) is 23.2 Å². The maximum absolute atomic E-state index is 11.3. The molecule has 1 aliphatic heterocycles. The van der Waals surface area contributed by atoms with Crippen molar-refractivity contribution in [2.75, 3.05) is 0 Å². The molecule has 5 nitrogen and oxygen atoms in total. The number of benzene rings is 1. The average Bonchev–Trinajstić information content (AvgIpc) is 2.53. The normalized spacial score (nSPS) is 17.2. The predicted octanol–water partition coefficient (Wildman–Crippen LogP) is 1.88. The van der Waals surface area contributed by atoms with E-state index < -0.39 is 11.9 Å². The summed E-state index contributed by atoms with van der Waals surface area (Å²) in [6, 6.07) is 2.18. The van der Waals surface area contributed by atoms with Crippen LogP contribution in [0.2, 0.25) is 10.0 Å². The lowest BCUT2D eigenvalue weighted by Gasteiger charge is -2.03. The van der Waals surface area contributed by atoms with E-state index in [1.165, 1.54) is 18.2 Å². The molecule has 1 aliphatic rings. The highest BCUT2D eigenvalue weighted by Gasteiger charge is 2.23. The first-order valence-electron chi connectivity index (χ1n) is 4.49. The average molecular weight is 273 g/mol. The van der Waals surface area contributed by atoms with Crippen molar-refractivity contribution in [3.63, 3.8) is 0 Å². The largest absolute Gasteiger partial charge is 0.506 e. The third-order valence-corrected chi connectivity index (χ3v) is 2.58. The van der Waals surface area contributed by atoms with Crippen molar-refractivity contribution >= 4 is 41.2 Å². The number of imide groups is 1. The van der Waals surface area contributed by atoms with E-state index in [0.29, 0.717) is 5.02 Å². The van der Waals surface area contributed by atoms with E-state index in [1.54, 1.807) is 0 Å². The molecule has 0 saturated carbocycles. The second-order valence-electron chi connectivity index (χ2n) is 3.29. The van der Waals surface area contributed by atoms with Gasteiger partial charge < -0.3 is 10.4 Å². The number of nitrogens with one attached hydrogen (secondary N) is 2. The molecule has 2 rings (SSSR count). The Kier molecular flexibility index (Phi) is 2.95. The van der Waals surface area contributed by atoms with Crippen LogP contribution in [-0.4, -0.2) is 17.0 Å². The lowest BCUT2D eigenvalue weighted by molar-refractivity contribution is -0.115. The smallest absolute Gasteiger partial charge is 0.326 e. The molecule has 7 heteroatoms. The van der Waals surface area contributed by atoms with Gasteiger partial charge in [0.25, 0.3) is 5.91 Å². The lowest BCUT2D eigenvalue weighted by atomic mass is 10.1. The minimum absolute atomic E-state index is 0.0173. The molecule has 1 fully saturated rings. The second-order valence-corrected chi connectivity index (χ2v) is 4.14. The highest BCUT2D eigenvalue weighted by molar-refractivity contribution is 6.36. The molecule has 0 radical (unpaired) electrons. The predicted molar refractivity (Wildman–Crippen MR) is 62.8 cm³/mol. The summed E-state index contributed by atoms with van der Waals surface area (Å²) in [4.78, 5) is 22.1. The van der Waals surface area contributed by atoms with Crippen LogP contribution >= 0.6 is 23.2 Å². The zero-order valence-electron chi connectivity index (χ0n) is 8.25. The van der Waals surface area contributed by atoms with Crippen molar-refractivity contribution in [1.82, 2.24) is 10.6 Å². The first-order valence-corrected chi connectivity index (χ1v) is 5.25. The standard InChI is InChI=1S/C10H6Cl2N2O3/c11-5-1-4(8(15)6(12)3-5)2-7-9(16)14-10(17)13-7/h1-3,15H,(H2,13,14,16,17)/b7-2-. The van der Waals surface area contributed by atoms with Crippen LogP contribution in [0.5, 0.6) is 5.75 Å². The Morgan fingerprint density at radius 3 is 2.47 bits per heavy atom. The summed E-state index contributed by atoms with van der Waals surface area (Å²) in [5.41, 5.74) is 0.262. The summed E-state index contributed by atoms with van der Waals surface area (Å²) < 4.78 is 0. The minimum atomic E-state index is -0.617. The Morgan fingerprint density at radius 2 is 1.88 bits per heavy atom. The van der Waals surface area contributed by atoms with Crippen LogP contribution in [0, 0.1) is 0 Å². The molecule has 0 aliphatic carbocycles. The Bertz CT molecular complexity index is 555. The molecule has 1 saturated heterocycles. The van der Waals surface area contributed by atoms with Gasteiger partial charge in [-0.2, -0.15) is 0 Å². The number of carbonyl (C=O) groups excluding carboxylic acids is 2. The molecule has 0 unspecified atom stereocenters. The first kappa shape index (κ1) is 11.8. The number of rotatable bonds is 1. The molecule has 0 aromatic heterocycles. The molecule has 0 spiro atoms. The number of halogens is 2. The van der Waals surface area contributed by atoms with Crippen LogP contribution in [0.4, 0.5) is 4.79 Å². The minimum Gasteiger partial charge on any atom is -0.506 e. The zero-order chi connectivity index (χ0) is 12.6. The fourth-order valence-electron chi connectivity index (χ4n) is 1.33. The summed E-state index contributed by atoms with van der Waals surface area (Å²) in [7, 11) is 0. The summed E-state index contributed by atoms with van der Waals surface area (Å²) in [5.74, 6) is -0.789. The molecule has 0 bridgehead atoms. The van der Waals surface area contributed by atoms with E-state index in [0.717, 1.165) is 0 Å². The van der Waals surface area contributed by atoms with Gasteiger partial charge in [-0.3, -0.25) is 10.1 Å². The molecular weight excluding hydrogens is 267 g/mol. The molecule has 1 aromatic carbocycles. The SMILES string of the molecule is O=C1NC(=O)/C(=C/c2cc(Cl)cc(Cl)c2O)N1. The number of amides is 3. The highest BCUT2D eigenvalue weighted by atomic mass is 35.5. The summed E-state index contributed by atoms with van der Waals surface area (Å²) in [5, 5.41) is 14.3. The van der Waals surface area contributed by atoms with Gasteiger partial charge in [0, 0.05) is 10.6 Å². The van der Waals surface area contributed by atoms with Gasteiger partial charge in [-0.25, -0.2) is 4.79 Å². The van der Waals surface area contributed by atoms with E-state index in [9.17, 15) is 14.7 Å². The number of phenols is 1.